The molecule has 2 aliphatic rings. The predicted octanol–water partition coefficient (Wildman–Crippen LogP) is -2.46. The molecule has 3 heteroatoms. The van der Waals surface area contributed by atoms with Gasteiger partial charge in [-0.15, -0.1) is 19.3 Å². The second-order valence-corrected chi connectivity index (χ2v) is 3.65. The van der Waals surface area contributed by atoms with Gasteiger partial charge in [-0.2, -0.15) is 12.2 Å². The van der Waals surface area contributed by atoms with E-state index in [0.29, 0.717) is 0 Å². The fraction of sp³-hybridized carbons (Fsp3) is 0.385. The minimum absolute atomic E-state index is 0. The van der Waals surface area contributed by atoms with Gasteiger partial charge < -0.3 is 24.8 Å². The van der Waals surface area contributed by atoms with E-state index in [1.54, 1.807) is 0 Å². The van der Waals surface area contributed by atoms with E-state index in [-0.39, 0.29) is 46.5 Å². The first-order valence-corrected chi connectivity index (χ1v) is 4.81. The number of rotatable bonds is 2. The van der Waals surface area contributed by atoms with Crippen LogP contribution >= 0.6 is 0 Å². The molecule has 0 saturated heterocycles. The van der Waals surface area contributed by atoms with Gasteiger partial charge in [0.05, 0.1) is 0 Å². The van der Waals surface area contributed by atoms with Gasteiger partial charge in [0.1, 0.15) is 0 Å². The first-order valence-electron chi connectivity index (χ1n) is 4.81. The molecule has 0 amide bonds. The molecular weight excluding hydrogens is 275 g/mol. The zero-order valence-corrected chi connectivity index (χ0v) is 12.6. The van der Waals surface area contributed by atoms with Gasteiger partial charge in [-0.1, -0.05) is 13.8 Å². The van der Waals surface area contributed by atoms with Gasteiger partial charge in [-0.05, 0) is 0 Å². The fourth-order valence-corrected chi connectivity index (χ4v) is 1.80. The minimum atomic E-state index is 0. The first kappa shape index (κ1) is 18.6. The third-order valence-corrected chi connectivity index (χ3v) is 2.78. The van der Waals surface area contributed by atoms with Crippen LogP contribution in [0.4, 0.5) is 0 Å². The zero-order valence-electron chi connectivity index (χ0n) is 9.53. The Balaban J connectivity index is 0. The third kappa shape index (κ3) is 4.26. The normalized spacial score (nSPS) is 17.1. The van der Waals surface area contributed by atoms with E-state index in [4.69, 9.17) is 0 Å². The maximum absolute atomic E-state index is 3.33. The Bertz CT molecular complexity index is 315. The van der Waals surface area contributed by atoms with Crippen molar-refractivity contribution in [2.24, 2.45) is 0 Å². The van der Waals surface area contributed by atoms with E-state index >= 15 is 0 Å². The average Bonchev–Trinajstić information content (AvgIpc) is 2.65. The molecule has 0 radical (unpaired) electrons. The van der Waals surface area contributed by atoms with Crippen molar-refractivity contribution in [1.82, 2.24) is 0 Å². The molecule has 0 aliphatic heterocycles. The summed E-state index contributed by atoms with van der Waals surface area (Å²) in [5.41, 5.74) is 5.57. The van der Waals surface area contributed by atoms with Crippen molar-refractivity contribution in [2.45, 2.75) is 33.1 Å². The van der Waals surface area contributed by atoms with Crippen molar-refractivity contribution in [3.63, 3.8) is 0 Å². The number of halogens is 2. The van der Waals surface area contributed by atoms with Gasteiger partial charge in [-0.3, -0.25) is 12.2 Å². The average molecular weight is 289 g/mol. The molecule has 0 nitrogen and oxygen atoms in total. The molecule has 0 aromatic heterocycles. The Morgan fingerprint density at radius 3 is 1.56 bits per heavy atom. The van der Waals surface area contributed by atoms with Crippen LogP contribution in [0.2, 0.25) is 0 Å². The van der Waals surface area contributed by atoms with E-state index in [0.717, 1.165) is 19.3 Å². The summed E-state index contributed by atoms with van der Waals surface area (Å²) >= 11 is 0. The topological polar surface area (TPSA) is 0 Å². The van der Waals surface area contributed by atoms with Crippen molar-refractivity contribution >= 4 is 0 Å². The second kappa shape index (κ2) is 8.36. The largest absolute Gasteiger partial charge is 4.00 e. The molecule has 0 fully saturated rings. The number of hydrogen-bond donors (Lipinski definition) is 0. The molecule has 0 aromatic carbocycles. The smallest absolute Gasteiger partial charge is 1.00 e. The molecule has 16 heavy (non-hydrogen) atoms. The van der Waals surface area contributed by atoms with Gasteiger partial charge in [0.15, 0.2) is 0 Å². The van der Waals surface area contributed by atoms with E-state index in [1.807, 2.05) is 0 Å². The van der Waals surface area contributed by atoms with Crippen molar-refractivity contribution in [3.05, 3.63) is 46.6 Å². The van der Waals surface area contributed by atoms with Crippen LogP contribution in [0.15, 0.2) is 34.4 Å². The van der Waals surface area contributed by atoms with Crippen LogP contribution in [0, 0.1) is 12.2 Å². The third-order valence-electron chi connectivity index (χ3n) is 2.78. The molecule has 0 spiro atoms. The Morgan fingerprint density at radius 2 is 1.31 bits per heavy atom. The SMILES string of the molecule is CC1=[C-]CC=C1CC1=CC[C-]=C1C.[Cl-].[Cl-].[Ti+4]. The summed E-state index contributed by atoms with van der Waals surface area (Å²) in [5, 5.41) is 0. The number of hydrogen-bond acceptors (Lipinski definition) is 0. The van der Waals surface area contributed by atoms with E-state index in [9.17, 15) is 0 Å². The molecular formula is C13H14Cl2Ti. The molecule has 2 rings (SSSR count). The molecule has 2 aliphatic carbocycles. The standard InChI is InChI=1S/C13H14.2ClH.Ti/c1-10-5-3-7-12(10)9-13-8-4-6-11(13)2;;;/h7-8H,3-4,9H2,1-2H3;2*1H;/q-2;;;+4/p-2. The van der Waals surface area contributed by atoms with E-state index in [2.05, 4.69) is 38.2 Å². The quantitative estimate of drug-likeness (QED) is 0.391. The van der Waals surface area contributed by atoms with Crippen LogP contribution in [0.25, 0.3) is 0 Å². The van der Waals surface area contributed by atoms with Crippen LogP contribution in [-0.4, -0.2) is 0 Å². The molecule has 0 saturated carbocycles. The molecule has 84 valence electrons. The van der Waals surface area contributed by atoms with E-state index in [1.165, 1.54) is 22.3 Å². The monoisotopic (exact) mass is 288 g/mol. The molecule has 0 atom stereocenters. The first-order chi connectivity index (χ1) is 6.27. The maximum Gasteiger partial charge on any atom is 4.00 e. The summed E-state index contributed by atoms with van der Waals surface area (Å²) in [6.45, 7) is 4.30. The van der Waals surface area contributed by atoms with E-state index < -0.39 is 0 Å². The van der Waals surface area contributed by atoms with Crippen LogP contribution < -0.4 is 24.8 Å². The molecule has 0 N–H and O–H groups in total. The van der Waals surface area contributed by atoms with Crippen LogP contribution in [-0.2, 0) is 21.7 Å². The molecule has 0 aromatic rings. The Labute approximate surface area is 126 Å². The fourth-order valence-electron chi connectivity index (χ4n) is 1.80. The Hall–Kier alpha value is 0.254. The van der Waals surface area contributed by atoms with Gasteiger partial charge in [0.2, 0.25) is 0 Å². The van der Waals surface area contributed by atoms with Gasteiger partial charge >= 0.3 is 21.7 Å². The molecule has 0 bridgehead atoms. The summed E-state index contributed by atoms with van der Waals surface area (Å²) in [5.74, 6) is 0. The number of allylic oxidation sites excluding steroid dienone is 8. The van der Waals surface area contributed by atoms with Gasteiger partial charge in [0, 0.05) is 0 Å². The van der Waals surface area contributed by atoms with Crippen molar-refractivity contribution < 1.29 is 46.5 Å². The summed E-state index contributed by atoms with van der Waals surface area (Å²) in [6.07, 6.45) is 14.3. The van der Waals surface area contributed by atoms with Gasteiger partial charge in [-0.25, -0.2) is 22.3 Å². The summed E-state index contributed by atoms with van der Waals surface area (Å²) in [6, 6.07) is 0. The summed E-state index contributed by atoms with van der Waals surface area (Å²) in [4.78, 5) is 0. The van der Waals surface area contributed by atoms with Crippen molar-refractivity contribution in [3.8, 4) is 0 Å². The second-order valence-electron chi connectivity index (χ2n) is 3.65. The van der Waals surface area contributed by atoms with Crippen molar-refractivity contribution in [2.75, 3.05) is 0 Å². The summed E-state index contributed by atoms with van der Waals surface area (Å²) in [7, 11) is 0. The van der Waals surface area contributed by atoms with Crippen LogP contribution in [0.1, 0.15) is 33.1 Å². The van der Waals surface area contributed by atoms with Crippen LogP contribution in [0.3, 0.4) is 0 Å². The Kier molecular flexibility index (Phi) is 9.73. The molecule has 0 unspecified atom stereocenters. The zero-order chi connectivity index (χ0) is 9.26. The predicted molar refractivity (Wildman–Crippen MR) is 54.9 cm³/mol. The summed E-state index contributed by atoms with van der Waals surface area (Å²) < 4.78 is 0. The Morgan fingerprint density at radius 1 is 0.938 bits per heavy atom. The molecule has 0 heterocycles. The minimum Gasteiger partial charge on any atom is -1.00 e. The van der Waals surface area contributed by atoms with Crippen LogP contribution in [0.5, 0.6) is 0 Å². The van der Waals surface area contributed by atoms with Crippen molar-refractivity contribution in [1.29, 1.82) is 0 Å². The maximum atomic E-state index is 3.33. The van der Waals surface area contributed by atoms with Gasteiger partial charge in [0.25, 0.3) is 0 Å².